The van der Waals surface area contributed by atoms with Gasteiger partial charge in [-0.1, -0.05) is 12.8 Å². The molecule has 0 bridgehead atoms. The fourth-order valence-corrected chi connectivity index (χ4v) is 3.88. The minimum atomic E-state index is -3.15. The molecule has 120 valence electrons. The molecule has 1 saturated carbocycles. The number of rotatable bonds is 4. The second kappa shape index (κ2) is 6.21. The van der Waals surface area contributed by atoms with E-state index in [2.05, 4.69) is 5.32 Å². The molecule has 1 saturated heterocycles. The minimum Gasteiger partial charge on any atom is -0.480 e. The van der Waals surface area contributed by atoms with Gasteiger partial charge >= 0.3 is 12.0 Å². The molecule has 2 amide bonds. The molecule has 3 unspecified atom stereocenters. The summed E-state index contributed by atoms with van der Waals surface area (Å²) < 4.78 is 22.2. The number of carboxylic acids is 1. The Kier molecular flexibility index (Phi) is 4.75. The maximum atomic E-state index is 12.3. The number of sulfone groups is 1. The summed E-state index contributed by atoms with van der Waals surface area (Å²) in [6, 6.07) is -1.28. The Morgan fingerprint density at radius 3 is 2.57 bits per heavy atom. The van der Waals surface area contributed by atoms with Crippen molar-refractivity contribution in [2.24, 2.45) is 5.92 Å². The highest BCUT2D eigenvalue weighted by molar-refractivity contribution is 7.90. The van der Waals surface area contributed by atoms with Crippen molar-refractivity contribution in [2.75, 3.05) is 18.6 Å². The van der Waals surface area contributed by atoms with Crippen LogP contribution in [0.2, 0.25) is 0 Å². The fraction of sp³-hybridized carbons (Fsp3) is 0.846. The van der Waals surface area contributed by atoms with Crippen LogP contribution in [-0.4, -0.2) is 61.1 Å². The van der Waals surface area contributed by atoms with Crippen LogP contribution < -0.4 is 5.32 Å². The van der Waals surface area contributed by atoms with E-state index in [1.165, 1.54) is 4.90 Å². The summed E-state index contributed by atoms with van der Waals surface area (Å²) in [6.45, 7) is 0.0118. The van der Waals surface area contributed by atoms with Gasteiger partial charge in [-0.15, -0.1) is 0 Å². The summed E-state index contributed by atoms with van der Waals surface area (Å²) in [6.07, 6.45) is 5.47. The summed E-state index contributed by atoms with van der Waals surface area (Å²) in [5.41, 5.74) is 0. The van der Waals surface area contributed by atoms with Gasteiger partial charge < -0.3 is 15.3 Å². The van der Waals surface area contributed by atoms with Gasteiger partial charge in [0.2, 0.25) is 0 Å². The van der Waals surface area contributed by atoms with E-state index < -0.39 is 27.9 Å². The standard InChI is InChI=1S/C13H22N2O5S/c1-21(19,20)7-6-14-13(18)15-10-5-3-2-4-9(10)8-11(15)12(16)17/h9-11H,2-8H2,1H3,(H,14,18)(H,16,17). The number of carboxylic acid groups (broad SMARTS) is 1. The first-order chi connectivity index (χ1) is 9.79. The second-order valence-corrected chi connectivity index (χ2v) is 8.23. The van der Waals surface area contributed by atoms with Gasteiger partial charge in [0.15, 0.2) is 0 Å². The van der Waals surface area contributed by atoms with Crippen LogP contribution in [0.5, 0.6) is 0 Å². The molecule has 8 heteroatoms. The third-order valence-electron chi connectivity index (χ3n) is 4.36. The maximum absolute atomic E-state index is 12.3. The molecule has 21 heavy (non-hydrogen) atoms. The first-order valence-electron chi connectivity index (χ1n) is 7.26. The predicted octanol–water partition coefficient (Wildman–Crippen LogP) is 0.458. The Labute approximate surface area is 124 Å². The Hall–Kier alpha value is -1.31. The van der Waals surface area contributed by atoms with Gasteiger partial charge in [0.25, 0.3) is 0 Å². The zero-order chi connectivity index (χ0) is 15.6. The molecule has 7 nitrogen and oxygen atoms in total. The van der Waals surface area contributed by atoms with E-state index in [9.17, 15) is 23.1 Å². The third-order valence-corrected chi connectivity index (χ3v) is 5.30. The van der Waals surface area contributed by atoms with E-state index in [-0.39, 0.29) is 24.3 Å². The molecule has 0 aromatic rings. The number of amides is 2. The number of nitrogens with one attached hydrogen (secondary N) is 1. The number of likely N-dealkylation sites (tertiary alicyclic amines) is 1. The molecular formula is C13H22N2O5S. The molecule has 0 radical (unpaired) electrons. The van der Waals surface area contributed by atoms with Gasteiger partial charge in [-0.2, -0.15) is 0 Å². The summed E-state index contributed by atoms with van der Waals surface area (Å²) in [4.78, 5) is 25.1. The highest BCUT2D eigenvalue weighted by Gasteiger charge is 2.47. The molecule has 2 N–H and O–H groups in total. The number of carbonyl (C=O) groups is 2. The minimum absolute atomic E-state index is 0.0118. The lowest BCUT2D eigenvalue weighted by atomic mass is 9.85. The molecule has 1 aliphatic heterocycles. The van der Waals surface area contributed by atoms with Crippen molar-refractivity contribution in [1.82, 2.24) is 10.2 Å². The number of nitrogens with zero attached hydrogens (tertiary/aromatic N) is 1. The molecule has 2 fully saturated rings. The monoisotopic (exact) mass is 318 g/mol. The van der Waals surface area contributed by atoms with Gasteiger partial charge in [-0.25, -0.2) is 18.0 Å². The summed E-state index contributed by atoms with van der Waals surface area (Å²) in [5.74, 6) is -0.874. The average molecular weight is 318 g/mol. The quantitative estimate of drug-likeness (QED) is 0.783. The van der Waals surface area contributed by atoms with Crippen LogP contribution in [0.25, 0.3) is 0 Å². The lowest BCUT2D eigenvalue weighted by Gasteiger charge is -2.32. The molecule has 3 atom stereocenters. The summed E-state index contributed by atoms with van der Waals surface area (Å²) in [7, 11) is -3.15. The molecule has 0 aromatic heterocycles. The SMILES string of the molecule is CS(=O)(=O)CCNC(=O)N1C(C(=O)O)CC2CCCCC21. The Balaban J connectivity index is 2.03. The van der Waals surface area contributed by atoms with Crippen LogP contribution in [0.3, 0.4) is 0 Å². The van der Waals surface area contributed by atoms with Crippen molar-refractivity contribution in [3.05, 3.63) is 0 Å². The summed E-state index contributed by atoms with van der Waals surface area (Å²) in [5, 5.41) is 11.9. The van der Waals surface area contributed by atoms with Crippen molar-refractivity contribution in [3.63, 3.8) is 0 Å². The lowest BCUT2D eigenvalue weighted by Crippen LogP contribution is -2.51. The van der Waals surface area contributed by atoms with E-state index in [0.29, 0.717) is 6.42 Å². The zero-order valence-electron chi connectivity index (χ0n) is 12.1. The van der Waals surface area contributed by atoms with Gasteiger partial charge in [-0.3, -0.25) is 0 Å². The normalized spacial score (nSPS) is 29.0. The van der Waals surface area contributed by atoms with E-state index in [1.54, 1.807) is 0 Å². The van der Waals surface area contributed by atoms with Crippen molar-refractivity contribution >= 4 is 21.8 Å². The average Bonchev–Trinajstić information content (AvgIpc) is 2.76. The smallest absolute Gasteiger partial charge is 0.326 e. The van der Waals surface area contributed by atoms with Gasteiger partial charge in [-0.05, 0) is 25.2 Å². The Morgan fingerprint density at radius 1 is 1.29 bits per heavy atom. The van der Waals surface area contributed by atoms with Crippen LogP contribution in [0.4, 0.5) is 4.79 Å². The van der Waals surface area contributed by atoms with Crippen LogP contribution >= 0.6 is 0 Å². The maximum Gasteiger partial charge on any atom is 0.326 e. The van der Waals surface area contributed by atoms with Crippen molar-refractivity contribution in [3.8, 4) is 0 Å². The van der Waals surface area contributed by atoms with Crippen molar-refractivity contribution in [2.45, 2.75) is 44.2 Å². The third kappa shape index (κ3) is 3.87. The highest BCUT2D eigenvalue weighted by Crippen LogP contribution is 2.39. The van der Waals surface area contributed by atoms with Crippen LogP contribution in [0.15, 0.2) is 0 Å². The van der Waals surface area contributed by atoms with Crippen LogP contribution in [0, 0.1) is 5.92 Å². The largest absolute Gasteiger partial charge is 0.480 e. The van der Waals surface area contributed by atoms with Gasteiger partial charge in [0.1, 0.15) is 15.9 Å². The Bertz CT molecular complexity index is 519. The van der Waals surface area contributed by atoms with Crippen molar-refractivity contribution in [1.29, 1.82) is 0 Å². The van der Waals surface area contributed by atoms with Gasteiger partial charge in [0.05, 0.1) is 5.75 Å². The second-order valence-electron chi connectivity index (χ2n) is 5.97. The predicted molar refractivity (Wildman–Crippen MR) is 76.7 cm³/mol. The van der Waals surface area contributed by atoms with E-state index in [4.69, 9.17) is 0 Å². The molecule has 2 rings (SSSR count). The first-order valence-corrected chi connectivity index (χ1v) is 9.32. The van der Waals surface area contributed by atoms with Crippen LogP contribution in [-0.2, 0) is 14.6 Å². The van der Waals surface area contributed by atoms with Crippen molar-refractivity contribution < 1.29 is 23.1 Å². The lowest BCUT2D eigenvalue weighted by molar-refractivity contribution is -0.141. The molecule has 1 heterocycles. The molecule has 2 aliphatic rings. The molecule has 0 aromatic carbocycles. The highest BCUT2D eigenvalue weighted by atomic mass is 32.2. The number of hydrogen-bond donors (Lipinski definition) is 2. The fourth-order valence-electron chi connectivity index (χ4n) is 3.41. The zero-order valence-corrected chi connectivity index (χ0v) is 12.9. The molecular weight excluding hydrogens is 296 g/mol. The molecule has 1 aliphatic carbocycles. The summed E-state index contributed by atoms with van der Waals surface area (Å²) >= 11 is 0. The topological polar surface area (TPSA) is 104 Å². The number of fused-ring (bicyclic) bond motifs is 1. The first kappa shape index (κ1) is 16.1. The Morgan fingerprint density at radius 2 is 1.95 bits per heavy atom. The number of aliphatic carboxylic acids is 1. The number of carbonyl (C=O) groups excluding carboxylic acids is 1. The van der Waals surface area contributed by atoms with E-state index >= 15 is 0 Å². The van der Waals surface area contributed by atoms with E-state index in [1.807, 2.05) is 0 Å². The number of hydrogen-bond acceptors (Lipinski definition) is 4. The van der Waals surface area contributed by atoms with E-state index in [0.717, 1.165) is 31.9 Å². The molecule has 0 spiro atoms. The van der Waals surface area contributed by atoms with Gasteiger partial charge in [0, 0.05) is 18.8 Å². The van der Waals surface area contributed by atoms with Crippen LogP contribution in [0.1, 0.15) is 32.1 Å². The number of urea groups is 1.